The third kappa shape index (κ3) is 3.01. The van der Waals surface area contributed by atoms with Crippen molar-refractivity contribution in [2.45, 2.75) is 13.3 Å². The van der Waals surface area contributed by atoms with Crippen molar-refractivity contribution in [3.8, 4) is 0 Å². The Morgan fingerprint density at radius 3 is 2.42 bits per heavy atom. The molecule has 8 heteroatoms. The molecule has 0 fully saturated rings. The standard InChI is InChI=1S/C11H19N5O3/c1-6-8-10(16(18)19)11(15(5)12-8)14(4)7-9(17)13(2)3/h6-7H2,1-5H3. The number of rotatable bonds is 5. The van der Waals surface area contributed by atoms with Crippen LogP contribution in [0.15, 0.2) is 0 Å². The van der Waals surface area contributed by atoms with Gasteiger partial charge in [-0.2, -0.15) is 5.10 Å². The lowest BCUT2D eigenvalue weighted by Gasteiger charge is -2.20. The fourth-order valence-electron chi connectivity index (χ4n) is 1.83. The van der Waals surface area contributed by atoms with E-state index in [9.17, 15) is 14.9 Å². The van der Waals surface area contributed by atoms with Gasteiger partial charge in [0.15, 0.2) is 0 Å². The van der Waals surface area contributed by atoms with E-state index in [0.717, 1.165) is 0 Å². The van der Waals surface area contributed by atoms with Crippen LogP contribution >= 0.6 is 0 Å². The summed E-state index contributed by atoms with van der Waals surface area (Å²) in [7, 11) is 6.57. The van der Waals surface area contributed by atoms with E-state index < -0.39 is 4.92 Å². The van der Waals surface area contributed by atoms with Gasteiger partial charge in [0.25, 0.3) is 0 Å². The molecule has 0 aliphatic carbocycles. The Morgan fingerprint density at radius 1 is 1.42 bits per heavy atom. The summed E-state index contributed by atoms with van der Waals surface area (Å²) in [6.45, 7) is 1.88. The van der Waals surface area contributed by atoms with Crippen LogP contribution in [0.4, 0.5) is 11.5 Å². The minimum Gasteiger partial charge on any atom is -0.347 e. The summed E-state index contributed by atoms with van der Waals surface area (Å²) in [5.74, 6) is 0.216. The Morgan fingerprint density at radius 2 is 2.00 bits per heavy atom. The van der Waals surface area contributed by atoms with Crippen molar-refractivity contribution >= 4 is 17.4 Å². The third-order valence-electron chi connectivity index (χ3n) is 2.81. The molecule has 0 saturated heterocycles. The smallest absolute Gasteiger partial charge is 0.334 e. The molecule has 106 valence electrons. The number of aryl methyl sites for hydroxylation is 2. The van der Waals surface area contributed by atoms with Gasteiger partial charge in [0.1, 0.15) is 5.69 Å². The van der Waals surface area contributed by atoms with Crippen LogP contribution < -0.4 is 4.90 Å². The minimum absolute atomic E-state index is 0.0287. The van der Waals surface area contributed by atoms with Gasteiger partial charge < -0.3 is 9.80 Å². The van der Waals surface area contributed by atoms with Crippen molar-refractivity contribution < 1.29 is 9.72 Å². The molecule has 1 rings (SSSR count). The first kappa shape index (κ1) is 14.9. The lowest BCUT2D eigenvalue weighted by molar-refractivity contribution is -0.384. The van der Waals surface area contributed by atoms with Crippen molar-refractivity contribution in [2.75, 3.05) is 32.6 Å². The predicted octanol–water partition coefficient (Wildman–Crippen LogP) is 0.415. The predicted molar refractivity (Wildman–Crippen MR) is 71.2 cm³/mol. The molecule has 8 nitrogen and oxygen atoms in total. The molecule has 0 aliphatic heterocycles. The van der Waals surface area contributed by atoms with Crippen molar-refractivity contribution in [3.63, 3.8) is 0 Å². The molecule has 0 radical (unpaired) electrons. The van der Waals surface area contributed by atoms with Crippen LogP contribution in [0.1, 0.15) is 12.6 Å². The molecule has 0 spiro atoms. The minimum atomic E-state index is -0.447. The van der Waals surface area contributed by atoms with Crippen molar-refractivity contribution in [1.82, 2.24) is 14.7 Å². The molecule has 0 saturated carbocycles. The number of carbonyl (C=O) groups excluding carboxylic acids is 1. The maximum atomic E-state index is 11.7. The van der Waals surface area contributed by atoms with E-state index in [1.54, 1.807) is 33.1 Å². The Hall–Kier alpha value is -2.12. The summed E-state index contributed by atoms with van der Waals surface area (Å²) in [4.78, 5) is 25.4. The number of hydrogen-bond donors (Lipinski definition) is 0. The van der Waals surface area contributed by atoms with E-state index in [0.29, 0.717) is 17.9 Å². The zero-order valence-electron chi connectivity index (χ0n) is 11.9. The van der Waals surface area contributed by atoms with Gasteiger partial charge in [-0.25, -0.2) is 4.68 Å². The van der Waals surface area contributed by atoms with E-state index in [1.165, 1.54) is 9.58 Å². The highest BCUT2D eigenvalue weighted by molar-refractivity contribution is 5.81. The average molecular weight is 269 g/mol. The number of carbonyl (C=O) groups is 1. The van der Waals surface area contributed by atoms with Gasteiger partial charge in [-0.3, -0.25) is 14.9 Å². The number of hydrogen-bond acceptors (Lipinski definition) is 5. The Kier molecular flexibility index (Phi) is 4.47. The molecule has 0 bridgehead atoms. The largest absolute Gasteiger partial charge is 0.347 e. The number of likely N-dealkylation sites (N-methyl/N-ethyl adjacent to an activating group) is 2. The van der Waals surface area contributed by atoms with Gasteiger partial charge in [0, 0.05) is 28.2 Å². The normalized spacial score (nSPS) is 10.4. The molecule has 1 aromatic rings. The summed E-state index contributed by atoms with van der Waals surface area (Å²) in [6.07, 6.45) is 0.472. The molecule has 0 aromatic carbocycles. The Balaban J connectivity index is 3.15. The fraction of sp³-hybridized carbons (Fsp3) is 0.636. The van der Waals surface area contributed by atoms with Gasteiger partial charge in [-0.05, 0) is 6.42 Å². The zero-order valence-corrected chi connectivity index (χ0v) is 11.9. The fourth-order valence-corrected chi connectivity index (χ4v) is 1.83. The van der Waals surface area contributed by atoms with Gasteiger partial charge in [0.05, 0.1) is 11.5 Å². The monoisotopic (exact) mass is 269 g/mol. The van der Waals surface area contributed by atoms with E-state index in [-0.39, 0.29) is 18.1 Å². The molecule has 0 N–H and O–H groups in total. The molecule has 1 heterocycles. The first-order valence-corrected chi connectivity index (χ1v) is 5.91. The highest BCUT2D eigenvalue weighted by Crippen LogP contribution is 2.30. The van der Waals surface area contributed by atoms with Gasteiger partial charge in [-0.1, -0.05) is 6.92 Å². The highest BCUT2D eigenvalue weighted by atomic mass is 16.6. The molecule has 1 aromatic heterocycles. The van der Waals surface area contributed by atoms with Crippen LogP contribution in [0.5, 0.6) is 0 Å². The maximum Gasteiger partial charge on any atom is 0.334 e. The molecule has 0 atom stereocenters. The first-order chi connectivity index (χ1) is 8.79. The topological polar surface area (TPSA) is 84.5 Å². The molecule has 0 unspecified atom stereocenters. The Bertz CT molecular complexity index is 495. The summed E-state index contributed by atoms with van der Waals surface area (Å²) < 4.78 is 1.44. The second kappa shape index (κ2) is 5.68. The lowest BCUT2D eigenvalue weighted by atomic mass is 10.3. The van der Waals surface area contributed by atoms with Crippen molar-refractivity contribution in [1.29, 1.82) is 0 Å². The SMILES string of the molecule is CCc1nn(C)c(N(C)CC(=O)N(C)C)c1[N+](=O)[O-]. The third-order valence-corrected chi connectivity index (χ3v) is 2.81. The van der Waals surface area contributed by atoms with E-state index in [1.807, 2.05) is 6.92 Å². The zero-order chi connectivity index (χ0) is 14.7. The van der Waals surface area contributed by atoms with Crippen LogP contribution in [0.25, 0.3) is 0 Å². The summed E-state index contributed by atoms with van der Waals surface area (Å²) in [5, 5.41) is 15.3. The average Bonchev–Trinajstić information content (AvgIpc) is 2.65. The second-order valence-corrected chi connectivity index (χ2v) is 4.50. The number of nitrogens with zero attached hydrogens (tertiary/aromatic N) is 5. The molecule has 0 aliphatic rings. The summed E-state index contributed by atoms with van der Waals surface area (Å²) in [5.41, 5.74) is 0.394. The van der Waals surface area contributed by atoms with Gasteiger partial charge >= 0.3 is 5.69 Å². The quantitative estimate of drug-likeness (QED) is 0.571. The number of aromatic nitrogens is 2. The summed E-state index contributed by atoms with van der Waals surface area (Å²) in [6, 6.07) is 0. The van der Waals surface area contributed by atoms with Crippen molar-refractivity contribution in [3.05, 3.63) is 15.8 Å². The number of nitro groups is 1. The van der Waals surface area contributed by atoms with Crippen LogP contribution in [0.2, 0.25) is 0 Å². The van der Waals surface area contributed by atoms with Gasteiger partial charge in [-0.15, -0.1) is 0 Å². The maximum absolute atomic E-state index is 11.7. The lowest BCUT2D eigenvalue weighted by Crippen LogP contribution is -2.35. The van der Waals surface area contributed by atoms with E-state index in [4.69, 9.17) is 0 Å². The van der Waals surface area contributed by atoms with Crippen LogP contribution in [0, 0.1) is 10.1 Å². The molecular weight excluding hydrogens is 250 g/mol. The van der Waals surface area contributed by atoms with Crippen LogP contribution in [0.3, 0.4) is 0 Å². The van der Waals surface area contributed by atoms with Crippen LogP contribution in [-0.2, 0) is 18.3 Å². The van der Waals surface area contributed by atoms with Gasteiger partial charge in [0.2, 0.25) is 11.7 Å². The van der Waals surface area contributed by atoms with Crippen LogP contribution in [-0.4, -0.2) is 53.2 Å². The second-order valence-electron chi connectivity index (χ2n) is 4.50. The summed E-state index contributed by atoms with van der Waals surface area (Å²) >= 11 is 0. The number of amides is 1. The molecular formula is C11H19N5O3. The first-order valence-electron chi connectivity index (χ1n) is 5.91. The van der Waals surface area contributed by atoms with Crippen molar-refractivity contribution in [2.24, 2.45) is 7.05 Å². The highest BCUT2D eigenvalue weighted by Gasteiger charge is 2.29. The van der Waals surface area contributed by atoms with E-state index in [2.05, 4.69) is 5.10 Å². The number of anilines is 1. The molecule has 1 amide bonds. The molecule has 19 heavy (non-hydrogen) atoms. The van der Waals surface area contributed by atoms with E-state index >= 15 is 0 Å². The Labute approximate surface area is 111 Å².